The van der Waals surface area contributed by atoms with Crippen molar-refractivity contribution in [1.29, 1.82) is 0 Å². The number of benzene rings is 2. The number of furan rings is 1. The van der Waals surface area contributed by atoms with Gasteiger partial charge in [-0.05, 0) is 57.9 Å². The van der Waals surface area contributed by atoms with E-state index in [1.54, 1.807) is 29.8 Å². The molecule has 0 radical (unpaired) electrons. The van der Waals surface area contributed by atoms with Crippen molar-refractivity contribution in [1.82, 2.24) is 19.6 Å². The highest BCUT2D eigenvalue weighted by Crippen LogP contribution is 2.49. The summed E-state index contributed by atoms with van der Waals surface area (Å²) >= 11 is 3.31. The zero-order valence-electron chi connectivity index (χ0n) is 18.6. The van der Waals surface area contributed by atoms with E-state index in [9.17, 15) is 4.79 Å². The van der Waals surface area contributed by atoms with Gasteiger partial charge in [0.25, 0.3) is 0 Å². The average Bonchev–Trinajstić information content (AvgIpc) is 3.54. The lowest BCUT2D eigenvalue weighted by molar-refractivity contribution is 0.414. The van der Waals surface area contributed by atoms with Gasteiger partial charge in [0.2, 0.25) is 11.7 Å². The van der Waals surface area contributed by atoms with Crippen molar-refractivity contribution in [2.75, 3.05) is 7.11 Å². The summed E-state index contributed by atoms with van der Waals surface area (Å²) in [5.74, 6) is 1.74. The maximum Gasteiger partial charge on any atom is 0.344 e. The highest BCUT2D eigenvalue weighted by molar-refractivity contribution is 9.10. The van der Waals surface area contributed by atoms with Crippen LogP contribution in [0.3, 0.4) is 0 Å². The molecule has 6 aromatic rings. The lowest BCUT2D eigenvalue weighted by Crippen LogP contribution is -2.22. The standard InChI is InChI=1S/C26H15BrN4O5/c1-33-14-8-6-13(7-9-14)19-20-22(15-4-2-3-5-16(15)35-26(20)32)36-25-21(19)24-29-23(30-31(24)12-28-25)17-10-11-18(27)34-17/h2-12,19H,1H3. The van der Waals surface area contributed by atoms with Gasteiger partial charge in [-0.1, -0.05) is 24.3 Å². The molecule has 5 heterocycles. The van der Waals surface area contributed by atoms with Gasteiger partial charge < -0.3 is 18.3 Å². The highest BCUT2D eigenvalue weighted by Gasteiger charge is 2.37. The number of methoxy groups -OCH3 is 1. The van der Waals surface area contributed by atoms with Crippen LogP contribution in [0, 0.1) is 0 Å². The third-order valence-corrected chi connectivity index (χ3v) is 6.63. The summed E-state index contributed by atoms with van der Waals surface area (Å²) in [7, 11) is 1.60. The van der Waals surface area contributed by atoms with Crippen molar-refractivity contribution in [3.05, 3.63) is 98.8 Å². The van der Waals surface area contributed by atoms with E-state index >= 15 is 0 Å². The van der Waals surface area contributed by atoms with E-state index in [0.29, 0.717) is 61.4 Å². The Morgan fingerprint density at radius 1 is 1.00 bits per heavy atom. The third kappa shape index (κ3) is 3.07. The van der Waals surface area contributed by atoms with E-state index in [-0.39, 0.29) is 0 Å². The van der Waals surface area contributed by atoms with Crippen molar-refractivity contribution in [2.24, 2.45) is 0 Å². The molecule has 9 nitrogen and oxygen atoms in total. The second-order valence-corrected chi connectivity index (χ2v) is 8.99. The SMILES string of the molecule is COc1ccc(C2c3c(c4ccccc4oc3=O)Oc3ncn4nc(-c5ccc(Br)o5)nc4c32)cc1. The van der Waals surface area contributed by atoms with Crippen molar-refractivity contribution in [2.45, 2.75) is 5.92 Å². The average molecular weight is 543 g/mol. The van der Waals surface area contributed by atoms with Gasteiger partial charge in [0.15, 0.2) is 21.8 Å². The van der Waals surface area contributed by atoms with Gasteiger partial charge in [-0.15, -0.1) is 5.10 Å². The predicted molar refractivity (Wildman–Crippen MR) is 133 cm³/mol. The second kappa shape index (κ2) is 7.79. The molecule has 4 aromatic heterocycles. The van der Waals surface area contributed by atoms with E-state index in [1.165, 1.54) is 6.33 Å². The van der Waals surface area contributed by atoms with Crippen LogP contribution in [0.2, 0.25) is 0 Å². The molecule has 1 unspecified atom stereocenters. The molecule has 0 saturated heterocycles. The van der Waals surface area contributed by atoms with E-state index < -0.39 is 11.5 Å². The number of nitrogens with zero attached hydrogens (tertiary/aromatic N) is 4. The maximum absolute atomic E-state index is 13.4. The van der Waals surface area contributed by atoms with Gasteiger partial charge >= 0.3 is 5.63 Å². The molecule has 0 N–H and O–H groups in total. The summed E-state index contributed by atoms with van der Waals surface area (Å²) in [6, 6.07) is 18.3. The Hall–Kier alpha value is -4.44. The molecule has 10 heteroatoms. The van der Waals surface area contributed by atoms with Gasteiger partial charge in [0.1, 0.15) is 17.7 Å². The van der Waals surface area contributed by atoms with E-state index in [4.69, 9.17) is 23.3 Å². The molecule has 0 amide bonds. The van der Waals surface area contributed by atoms with Crippen LogP contribution >= 0.6 is 15.9 Å². The number of aromatic nitrogens is 4. The number of halogens is 1. The molecule has 0 spiro atoms. The molecule has 1 atom stereocenters. The highest BCUT2D eigenvalue weighted by atomic mass is 79.9. The van der Waals surface area contributed by atoms with E-state index in [0.717, 1.165) is 5.56 Å². The number of para-hydroxylation sites is 1. The Bertz CT molecular complexity index is 1860. The molecule has 0 bridgehead atoms. The fourth-order valence-electron chi connectivity index (χ4n) is 4.60. The summed E-state index contributed by atoms with van der Waals surface area (Å²) in [6.45, 7) is 0. The van der Waals surface area contributed by atoms with Crippen molar-refractivity contribution in [3.63, 3.8) is 0 Å². The normalized spacial score (nSPS) is 14.4. The third-order valence-electron chi connectivity index (χ3n) is 6.20. The van der Waals surface area contributed by atoms with Crippen molar-refractivity contribution in [3.8, 4) is 29.0 Å². The molecule has 7 rings (SSSR count). The number of hydrogen-bond acceptors (Lipinski definition) is 8. The van der Waals surface area contributed by atoms with Gasteiger partial charge in [-0.25, -0.2) is 19.3 Å². The zero-order valence-corrected chi connectivity index (χ0v) is 20.2. The van der Waals surface area contributed by atoms with Crippen LogP contribution in [0.15, 0.2) is 85.3 Å². The first-order chi connectivity index (χ1) is 17.6. The van der Waals surface area contributed by atoms with Gasteiger partial charge in [0, 0.05) is 0 Å². The molecule has 1 aliphatic heterocycles. The van der Waals surface area contributed by atoms with Crippen LogP contribution in [0.4, 0.5) is 0 Å². The lowest BCUT2D eigenvalue weighted by Gasteiger charge is -2.27. The van der Waals surface area contributed by atoms with Crippen LogP contribution in [-0.4, -0.2) is 26.7 Å². The van der Waals surface area contributed by atoms with Crippen LogP contribution in [-0.2, 0) is 0 Å². The minimum absolute atomic E-state index is 0.339. The first-order valence-corrected chi connectivity index (χ1v) is 11.8. The predicted octanol–water partition coefficient (Wildman–Crippen LogP) is 5.55. The quantitative estimate of drug-likeness (QED) is 0.267. The van der Waals surface area contributed by atoms with Crippen LogP contribution < -0.4 is 15.1 Å². The Balaban J connectivity index is 1.54. The fourth-order valence-corrected chi connectivity index (χ4v) is 4.90. The zero-order chi connectivity index (χ0) is 24.4. The molecule has 176 valence electrons. The first-order valence-electron chi connectivity index (χ1n) is 11.0. The number of rotatable bonds is 3. The first kappa shape index (κ1) is 20.9. The van der Waals surface area contributed by atoms with Gasteiger partial charge in [-0.3, -0.25) is 0 Å². The number of ether oxygens (including phenoxy) is 2. The lowest BCUT2D eigenvalue weighted by atomic mass is 9.84. The minimum Gasteiger partial charge on any atom is -0.497 e. The monoisotopic (exact) mass is 542 g/mol. The van der Waals surface area contributed by atoms with Crippen molar-refractivity contribution < 1.29 is 18.3 Å². The molecule has 0 saturated carbocycles. The molecular weight excluding hydrogens is 528 g/mol. The number of fused-ring (bicyclic) bond motifs is 6. The Morgan fingerprint density at radius 2 is 1.83 bits per heavy atom. The van der Waals surface area contributed by atoms with Crippen LogP contribution in [0.5, 0.6) is 17.4 Å². The summed E-state index contributed by atoms with van der Waals surface area (Å²) in [4.78, 5) is 22.7. The van der Waals surface area contributed by atoms with Crippen molar-refractivity contribution >= 4 is 32.5 Å². The Labute approximate surface area is 211 Å². The van der Waals surface area contributed by atoms with E-state index in [1.807, 2.05) is 42.5 Å². The largest absolute Gasteiger partial charge is 0.497 e. The van der Waals surface area contributed by atoms with Gasteiger partial charge in [0.05, 0.1) is 29.5 Å². The van der Waals surface area contributed by atoms with E-state index in [2.05, 4.69) is 26.0 Å². The molecular formula is C26H15BrN4O5. The Morgan fingerprint density at radius 3 is 2.61 bits per heavy atom. The molecule has 0 aliphatic carbocycles. The molecule has 36 heavy (non-hydrogen) atoms. The molecule has 1 aliphatic rings. The fraction of sp³-hybridized carbons (Fsp3) is 0.0769. The maximum atomic E-state index is 13.4. The smallest absolute Gasteiger partial charge is 0.344 e. The second-order valence-electron chi connectivity index (χ2n) is 8.21. The van der Waals surface area contributed by atoms with Crippen LogP contribution in [0.25, 0.3) is 28.2 Å². The summed E-state index contributed by atoms with van der Waals surface area (Å²) in [6.07, 6.45) is 1.53. The van der Waals surface area contributed by atoms with Gasteiger partial charge in [-0.2, -0.15) is 0 Å². The molecule has 2 aromatic carbocycles. The Kier molecular flexibility index (Phi) is 4.52. The minimum atomic E-state index is -0.577. The number of hydrogen-bond donors (Lipinski definition) is 0. The van der Waals surface area contributed by atoms with Crippen LogP contribution in [0.1, 0.15) is 22.6 Å². The topological polar surface area (TPSA) is 105 Å². The summed E-state index contributed by atoms with van der Waals surface area (Å²) < 4.78 is 25.1. The summed E-state index contributed by atoms with van der Waals surface area (Å²) in [5, 5.41) is 5.22. The summed E-state index contributed by atoms with van der Waals surface area (Å²) in [5.41, 5.74) is 2.22. The molecule has 0 fully saturated rings.